The van der Waals surface area contributed by atoms with Gasteiger partial charge in [-0.1, -0.05) is 54.6 Å². The third-order valence-electron chi connectivity index (χ3n) is 3.85. The highest BCUT2D eigenvalue weighted by Gasteiger charge is 2.23. The van der Waals surface area contributed by atoms with E-state index in [2.05, 4.69) is 48.5 Å². The Morgan fingerprint density at radius 3 is 2.26 bits per heavy atom. The van der Waals surface area contributed by atoms with Gasteiger partial charge in [-0.2, -0.15) is 0 Å². The summed E-state index contributed by atoms with van der Waals surface area (Å²) >= 11 is 0. The Labute approximate surface area is 114 Å². The summed E-state index contributed by atoms with van der Waals surface area (Å²) in [6.07, 6.45) is 1.02. The van der Waals surface area contributed by atoms with Crippen LogP contribution in [0, 0.1) is 0 Å². The minimum Gasteiger partial charge on any atom is -0.380 e. The normalized spacial score (nSPS) is 23.2. The van der Waals surface area contributed by atoms with E-state index < -0.39 is 0 Å². The van der Waals surface area contributed by atoms with E-state index in [4.69, 9.17) is 10.5 Å². The molecule has 1 heterocycles. The number of ether oxygens (including phenoxy) is 1. The Kier molecular flexibility index (Phi) is 3.62. The number of benzene rings is 2. The smallest absolute Gasteiger partial charge is 0.0623 e. The predicted molar refractivity (Wildman–Crippen MR) is 78.0 cm³/mol. The van der Waals surface area contributed by atoms with E-state index in [-0.39, 0.29) is 6.04 Å². The molecule has 1 aliphatic heterocycles. The van der Waals surface area contributed by atoms with Gasteiger partial charge < -0.3 is 10.5 Å². The second kappa shape index (κ2) is 5.55. The van der Waals surface area contributed by atoms with Crippen LogP contribution in [-0.2, 0) is 4.74 Å². The fourth-order valence-corrected chi connectivity index (χ4v) is 2.73. The molecule has 0 bridgehead atoms. The third-order valence-corrected chi connectivity index (χ3v) is 3.85. The summed E-state index contributed by atoms with van der Waals surface area (Å²) in [4.78, 5) is 0. The van der Waals surface area contributed by atoms with Gasteiger partial charge in [0.15, 0.2) is 0 Å². The standard InChI is InChI=1S/C17H19NO/c18-17-12-19-11-10-16(17)15-8-6-14(7-9-15)13-4-2-1-3-5-13/h1-9,16-17H,10-12,18H2. The Morgan fingerprint density at radius 2 is 1.58 bits per heavy atom. The second-order valence-electron chi connectivity index (χ2n) is 5.12. The zero-order chi connectivity index (χ0) is 13.1. The lowest BCUT2D eigenvalue weighted by molar-refractivity contribution is 0.0696. The molecule has 1 aliphatic rings. The van der Waals surface area contributed by atoms with Crippen LogP contribution in [0.2, 0.25) is 0 Å². The number of nitrogens with two attached hydrogens (primary N) is 1. The molecule has 2 atom stereocenters. The quantitative estimate of drug-likeness (QED) is 0.892. The average Bonchev–Trinajstić information content (AvgIpc) is 2.49. The van der Waals surface area contributed by atoms with Crippen LogP contribution in [0.15, 0.2) is 54.6 Å². The van der Waals surface area contributed by atoms with Gasteiger partial charge in [-0.25, -0.2) is 0 Å². The second-order valence-corrected chi connectivity index (χ2v) is 5.12. The first-order valence-corrected chi connectivity index (χ1v) is 6.83. The van der Waals surface area contributed by atoms with Crippen molar-refractivity contribution in [2.24, 2.45) is 5.73 Å². The largest absolute Gasteiger partial charge is 0.380 e. The predicted octanol–water partition coefficient (Wildman–Crippen LogP) is 3.18. The Bertz CT molecular complexity index is 521. The SMILES string of the molecule is NC1COCCC1c1ccc(-c2ccccc2)cc1. The Balaban J connectivity index is 1.83. The van der Waals surface area contributed by atoms with Crippen molar-refractivity contribution in [3.63, 3.8) is 0 Å². The zero-order valence-corrected chi connectivity index (χ0v) is 11.0. The van der Waals surface area contributed by atoms with E-state index in [1.165, 1.54) is 16.7 Å². The average molecular weight is 253 g/mol. The molecule has 2 nitrogen and oxygen atoms in total. The molecule has 2 heteroatoms. The fraction of sp³-hybridized carbons (Fsp3) is 0.294. The minimum absolute atomic E-state index is 0.122. The lowest BCUT2D eigenvalue weighted by Crippen LogP contribution is -2.37. The first-order chi connectivity index (χ1) is 9.34. The summed E-state index contributed by atoms with van der Waals surface area (Å²) in [6, 6.07) is 19.4. The van der Waals surface area contributed by atoms with Crippen LogP contribution in [0.3, 0.4) is 0 Å². The first kappa shape index (κ1) is 12.4. The van der Waals surface area contributed by atoms with Crippen LogP contribution in [0.5, 0.6) is 0 Å². The molecule has 2 aromatic carbocycles. The molecule has 0 aromatic heterocycles. The maximum absolute atomic E-state index is 6.14. The number of rotatable bonds is 2. The van der Waals surface area contributed by atoms with Gasteiger partial charge in [-0.05, 0) is 23.1 Å². The molecular weight excluding hydrogens is 234 g/mol. The monoisotopic (exact) mass is 253 g/mol. The molecule has 3 rings (SSSR count). The molecule has 0 amide bonds. The Morgan fingerprint density at radius 1 is 0.895 bits per heavy atom. The van der Waals surface area contributed by atoms with Crippen molar-refractivity contribution < 1.29 is 4.74 Å². The van der Waals surface area contributed by atoms with Gasteiger partial charge in [0.25, 0.3) is 0 Å². The zero-order valence-electron chi connectivity index (χ0n) is 11.0. The lowest BCUT2D eigenvalue weighted by Gasteiger charge is -2.29. The van der Waals surface area contributed by atoms with E-state index in [1.807, 2.05) is 6.07 Å². The summed E-state index contributed by atoms with van der Waals surface area (Å²) in [5.41, 5.74) is 9.97. The van der Waals surface area contributed by atoms with Gasteiger partial charge in [0.2, 0.25) is 0 Å². The molecule has 1 saturated heterocycles. The summed E-state index contributed by atoms with van der Waals surface area (Å²) in [5, 5.41) is 0. The Hall–Kier alpha value is -1.64. The maximum atomic E-state index is 6.14. The molecule has 2 unspecified atom stereocenters. The van der Waals surface area contributed by atoms with Gasteiger partial charge in [0, 0.05) is 18.6 Å². The van der Waals surface area contributed by atoms with Crippen molar-refractivity contribution in [2.45, 2.75) is 18.4 Å². The van der Waals surface area contributed by atoms with E-state index in [9.17, 15) is 0 Å². The van der Waals surface area contributed by atoms with Crippen molar-refractivity contribution in [3.8, 4) is 11.1 Å². The van der Waals surface area contributed by atoms with E-state index in [0.29, 0.717) is 12.5 Å². The third kappa shape index (κ3) is 2.70. The van der Waals surface area contributed by atoms with Crippen LogP contribution in [0.1, 0.15) is 17.9 Å². The van der Waals surface area contributed by atoms with Crippen molar-refractivity contribution in [3.05, 3.63) is 60.2 Å². The summed E-state index contributed by atoms with van der Waals surface area (Å²) in [7, 11) is 0. The van der Waals surface area contributed by atoms with Crippen LogP contribution < -0.4 is 5.73 Å². The van der Waals surface area contributed by atoms with Crippen LogP contribution in [0.25, 0.3) is 11.1 Å². The van der Waals surface area contributed by atoms with Gasteiger partial charge >= 0.3 is 0 Å². The first-order valence-electron chi connectivity index (χ1n) is 6.83. The number of hydrogen-bond donors (Lipinski definition) is 1. The van der Waals surface area contributed by atoms with Crippen LogP contribution in [0.4, 0.5) is 0 Å². The maximum Gasteiger partial charge on any atom is 0.0623 e. The fourth-order valence-electron chi connectivity index (χ4n) is 2.73. The van der Waals surface area contributed by atoms with Crippen molar-refractivity contribution in [1.29, 1.82) is 0 Å². The van der Waals surface area contributed by atoms with Gasteiger partial charge in [-0.15, -0.1) is 0 Å². The molecule has 1 fully saturated rings. The topological polar surface area (TPSA) is 35.2 Å². The van der Waals surface area contributed by atoms with E-state index >= 15 is 0 Å². The molecule has 0 saturated carbocycles. The molecule has 0 radical (unpaired) electrons. The highest BCUT2D eigenvalue weighted by Crippen LogP contribution is 2.28. The molecule has 2 aromatic rings. The molecule has 0 spiro atoms. The van der Waals surface area contributed by atoms with Gasteiger partial charge in [0.1, 0.15) is 0 Å². The molecule has 98 valence electrons. The summed E-state index contributed by atoms with van der Waals surface area (Å²) in [5.74, 6) is 0.429. The minimum atomic E-state index is 0.122. The molecule has 0 aliphatic carbocycles. The molecule has 2 N–H and O–H groups in total. The summed E-state index contributed by atoms with van der Waals surface area (Å²) < 4.78 is 5.40. The lowest BCUT2D eigenvalue weighted by atomic mass is 9.87. The van der Waals surface area contributed by atoms with Crippen molar-refractivity contribution >= 4 is 0 Å². The highest BCUT2D eigenvalue weighted by atomic mass is 16.5. The molecule has 19 heavy (non-hydrogen) atoms. The van der Waals surface area contributed by atoms with Gasteiger partial charge in [0.05, 0.1) is 6.61 Å². The van der Waals surface area contributed by atoms with Gasteiger partial charge in [-0.3, -0.25) is 0 Å². The molecular formula is C17H19NO. The highest BCUT2D eigenvalue weighted by molar-refractivity contribution is 5.63. The number of hydrogen-bond acceptors (Lipinski definition) is 2. The summed E-state index contributed by atoms with van der Waals surface area (Å²) in [6.45, 7) is 1.49. The van der Waals surface area contributed by atoms with Crippen LogP contribution >= 0.6 is 0 Å². The van der Waals surface area contributed by atoms with E-state index in [1.54, 1.807) is 0 Å². The van der Waals surface area contributed by atoms with E-state index in [0.717, 1.165) is 13.0 Å². The van der Waals surface area contributed by atoms with Crippen molar-refractivity contribution in [2.75, 3.05) is 13.2 Å². The van der Waals surface area contributed by atoms with Crippen LogP contribution in [-0.4, -0.2) is 19.3 Å². The van der Waals surface area contributed by atoms with Crippen molar-refractivity contribution in [1.82, 2.24) is 0 Å².